The van der Waals surface area contributed by atoms with Gasteiger partial charge < -0.3 is 14.2 Å². The van der Waals surface area contributed by atoms with E-state index in [2.05, 4.69) is 9.97 Å². The van der Waals surface area contributed by atoms with Crippen molar-refractivity contribution in [2.75, 3.05) is 7.11 Å². The normalized spacial score (nSPS) is 10.3. The monoisotopic (exact) mass is 367 g/mol. The lowest BCUT2D eigenvalue weighted by Gasteiger charge is -2.10. The van der Waals surface area contributed by atoms with E-state index in [1.807, 2.05) is 19.9 Å². The molecule has 0 aliphatic carbocycles. The average Bonchev–Trinajstić information content (AvgIpc) is 2.61. The fourth-order valence-corrected chi connectivity index (χ4v) is 2.51. The summed E-state index contributed by atoms with van der Waals surface area (Å²) in [6.45, 7) is 3.82. The van der Waals surface area contributed by atoms with Gasteiger partial charge in [-0.05, 0) is 61.4 Å². The zero-order valence-corrected chi connectivity index (χ0v) is 15.0. The zero-order valence-electron chi connectivity index (χ0n) is 15.0. The van der Waals surface area contributed by atoms with Crippen LogP contribution in [0.4, 0.5) is 5.69 Å². The molecule has 3 rings (SSSR count). The summed E-state index contributed by atoms with van der Waals surface area (Å²) >= 11 is 0. The first-order valence-corrected chi connectivity index (χ1v) is 8.03. The Morgan fingerprint density at radius 3 is 1.89 bits per heavy atom. The summed E-state index contributed by atoms with van der Waals surface area (Å²) in [6.07, 6.45) is 1.16. The number of aromatic nitrogens is 2. The number of hydrogen-bond acceptors (Lipinski definition) is 7. The van der Waals surface area contributed by atoms with E-state index in [1.54, 1.807) is 43.5 Å². The Kier molecular flexibility index (Phi) is 5.16. The molecule has 0 radical (unpaired) electrons. The molecule has 0 unspecified atom stereocenters. The highest BCUT2D eigenvalue weighted by atomic mass is 16.6. The van der Waals surface area contributed by atoms with Gasteiger partial charge in [0.05, 0.1) is 12.0 Å². The highest BCUT2D eigenvalue weighted by Crippen LogP contribution is 2.38. The molecular formula is C19H17N3O5. The number of benzene rings is 2. The molecule has 0 aliphatic rings. The minimum Gasteiger partial charge on any atom is -0.497 e. The third kappa shape index (κ3) is 4.30. The summed E-state index contributed by atoms with van der Waals surface area (Å²) in [5, 5.41) is 11.6. The molecule has 0 spiro atoms. The summed E-state index contributed by atoms with van der Waals surface area (Å²) in [6, 6.07) is 12.1. The minimum atomic E-state index is -0.628. The Labute approximate surface area is 155 Å². The zero-order chi connectivity index (χ0) is 19.4. The molecule has 0 bridgehead atoms. The molecule has 0 N–H and O–H groups in total. The fourth-order valence-electron chi connectivity index (χ4n) is 2.51. The summed E-state index contributed by atoms with van der Waals surface area (Å²) < 4.78 is 16.3. The van der Waals surface area contributed by atoms with Gasteiger partial charge in [-0.2, -0.15) is 9.97 Å². The Hall–Kier alpha value is -3.68. The summed E-state index contributed by atoms with van der Waals surface area (Å²) in [5.74, 6) is 1.06. The number of rotatable bonds is 6. The molecule has 2 aromatic carbocycles. The molecule has 0 fully saturated rings. The number of ether oxygens (including phenoxy) is 3. The Balaban J connectivity index is 1.95. The first kappa shape index (κ1) is 18.1. The summed E-state index contributed by atoms with van der Waals surface area (Å²) in [7, 11) is 1.54. The molecule has 8 heteroatoms. The third-order valence-corrected chi connectivity index (χ3v) is 3.62. The molecule has 1 aromatic heterocycles. The van der Waals surface area contributed by atoms with Crippen LogP contribution in [0.25, 0.3) is 0 Å². The lowest BCUT2D eigenvalue weighted by molar-refractivity contribution is -0.387. The third-order valence-electron chi connectivity index (χ3n) is 3.62. The van der Waals surface area contributed by atoms with Crippen LogP contribution in [-0.4, -0.2) is 22.0 Å². The molecule has 0 saturated heterocycles. The molecule has 27 heavy (non-hydrogen) atoms. The smallest absolute Gasteiger partial charge is 0.393 e. The van der Waals surface area contributed by atoms with E-state index in [0.29, 0.717) is 17.2 Å². The quantitative estimate of drug-likeness (QED) is 0.464. The van der Waals surface area contributed by atoms with Gasteiger partial charge in [0.1, 0.15) is 23.6 Å². The lowest BCUT2D eigenvalue weighted by Crippen LogP contribution is -2.01. The summed E-state index contributed by atoms with van der Waals surface area (Å²) in [4.78, 5) is 18.8. The number of aryl methyl sites for hydroxylation is 2. The standard InChI is InChI=1S/C19H17N3O5/c1-12-8-13(2)10-16(9-12)27-19-17(22(23)24)18(20-11-21-19)26-15-6-4-14(25-3)5-7-15/h4-11H,1-3H3. The van der Waals surface area contributed by atoms with Crippen LogP contribution in [0.2, 0.25) is 0 Å². The second-order valence-electron chi connectivity index (χ2n) is 5.79. The van der Waals surface area contributed by atoms with Crippen molar-refractivity contribution in [1.82, 2.24) is 9.97 Å². The SMILES string of the molecule is COc1ccc(Oc2ncnc(Oc3cc(C)cc(C)c3)c2[N+](=O)[O-])cc1. The number of nitro groups is 1. The van der Waals surface area contributed by atoms with Gasteiger partial charge in [0.15, 0.2) is 0 Å². The van der Waals surface area contributed by atoms with Crippen molar-refractivity contribution in [2.24, 2.45) is 0 Å². The van der Waals surface area contributed by atoms with E-state index in [4.69, 9.17) is 14.2 Å². The van der Waals surface area contributed by atoms with Crippen molar-refractivity contribution < 1.29 is 19.1 Å². The van der Waals surface area contributed by atoms with Crippen LogP contribution in [0.15, 0.2) is 48.8 Å². The maximum absolute atomic E-state index is 11.6. The van der Waals surface area contributed by atoms with Gasteiger partial charge in [0.25, 0.3) is 0 Å². The van der Waals surface area contributed by atoms with Gasteiger partial charge in [-0.25, -0.2) is 0 Å². The highest BCUT2D eigenvalue weighted by Gasteiger charge is 2.27. The Morgan fingerprint density at radius 1 is 0.852 bits per heavy atom. The van der Waals surface area contributed by atoms with Crippen LogP contribution in [-0.2, 0) is 0 Å². The molecule has 138 valence electrons. The first-order valence-electron chi connectivity index (χ1n) is 8.03. The first-order chi connectivity index (χ1) is 13.0. The van der Waals surface area contributed by atoms with E-state index in [9.17, 15) is 10.1 Å². The molecular weight excluding hydrogens is 350 g/mol. The van der Waals surface area contributed by atoms with Gasteiger partial charge in [0, 0.05) is 0 Å². The minimum absolute atomic E-state index is 0.191. The molecule has 0 amide bonds. The Morgan fingerprint density at radius 2 is 1.37 bits per heavy atom. The van der Waals surface area contributed by atoms with Crippen molar-refractivity contribution >= 4 is 5.69 Å². The second-order valence-corrected chi connectivity index (χ2v) is 5.79. The van der Waals surface area contributed by atoms with Gasteiger partial charge in [0.2, 0.25) is 0 Å². The van der Waals surface area contributed by atoms with Gasteiger partial charge in [-0.15, -0.1) is 0 Å². The lowest BCUT2D eigenvalue weighted by atomic mass is 10.1. The fraction of sp³-hybridized carbons (Fsp3) is 0.158. The van der Waals surface area contributed by atoms with Crippen LogP contribution in [0.1, 0.15) is 11.1 Å². The van der Waals surface area contributed by atoms with Crippen molar-refractivity contribution in [2.45, 2.75) is 13.8 Å². The average molecular weight is 367 g/mol. The number of nitrogens with zero attached hydrogens (tertiary/aromatic N) is 3. The van der Waals surface area contributed by atoms with E-state index >= 15 is 0 Å². The van der Waals surface area contributed by atoms with Crippen molar-refractivity contribution in [3.05, 3.63) is 70.0 Å². The van der Waals surface area contributed by atoms with Gasteiger partial charge in [-0.1, -0.05) is 6.07 Å². The maximum atomic E-state index is 11.6. The maximum Gasteiger partial charge on any atom is 0.393 e. The van der Waals surface area contributed by atoms with Crippen LogP contribution in [0, 0.1) is 24.0 Å². The number of methoxy groups -OCH3 is 1. The molecule has 8 nitrogen and oxygen atoms in total. The topological polar surface area (TPSA) is 96.6 Å². The predicted molar refractivity (Wildman–Crippen MR) is 97.7 cm³/mol. The molecule has 3 aromatic rings. The molecule has 0 atom stereocenters. The second kappa shape index (κ2) is 7.69. The van der Waals surface area contributed by atoms with Crippen molar-refractivity contribution in [1.29, 1.82) is 0 Å². The van der Waals surface area contributed by atoms with Crippen LogP contribution in [0.3, 0.4) is 0 Å². The number of hydrogen-bond donors (Lipinski definition) is 0. The Bertz CT molecular complexity index is 953. The van der Waals surface area contributed by atoms with Crippen molar-refractivity contribution in [3.8, 4) is 29.0 Å². The van der Waals surface area contributed by atoms with Gasteiger partial charge in [-0.3, -0.25) is 10.1 Å². The van der Waals surface area contributed by atoms with E-state index in [-0.39, 0.29) is 11.8 Å². The summed E-state index contributed by atoms with van der Waals surface area (Å²) in [5.41, 5.74) is 1.49. The van der Waals surface area contributed by atoms with Crippen LogP contribution in [0.5, 0.6) is 29.0 Å². The van der Waals surface area contributed by atoms with E-state index in [1.165, 1.54) is 0 Å². The van der Waals surface area contributed by atoms with Gasteiger partial charge >= 0.3 is 17.4 Å². The van der Waals surface area contributed by atoms with E-state index < -0.39 is 10.6 Å². The van der Waals surface area contributed by atoms with Crippen molar-refractivity contribution in [3.63, 3.8) is 0 Å². The largest absolute Gasteiger partial charge is 0.497 e. The molecule has 0 saturated carbocycles. The van der Waals surface area contributed by atoms with Crippen LogP contribution >= 0.6 is 0 Å². The molecule has 0 aliphatic heterocycles. The van der Waals surface area contributed by atoms with Crippen LogP contribution < -0.4 is 14.2 Å². The predicted octanol–water partition coefficient (Wildman–Crippen LogP) is 4.59. The van der Waals surface area contributed by atoms with E-state index in [0.717, 1.165) is 17.5 Å². The highest BCUT2D eigenvalue weighted by molar-refractivity contribution is 5.52. The molecule has 1 heterocycles.